The number of hydrazine groups is 1. The maximum Gasteiger partial charge on any atom is 0.233 e. The molecule has 0 spiro atoms. The third-order valence-corrected chi connectivity index (χ3v) is 2.71. The molecule has 0 aromatic rings. The zero-order chi connectivity index (χ0) is 12.9. The lowest BCUT2D eigenvalue weighted by Gasteiger charge is -2.29. The van der Waals surface area contributed by atoms with Gasteiger partial charge < -0.3 is 14.8 Å². The van der Waals surface area contributed by atoms with Crippen LogP contribution in [0.3, 0.4) is 0 Å². The first-order valence-corrected chi connectivity index (χ1v) is 6.14. The van der Waals surface area contributed by atoms with Crippen molar-refractivity contribution in [2.24, 2.45) is 5.28 Å². The van der Waals surface area contributed by atoms with E-state index in [-0.39, 0.29) is 11.6 Å². The number of hydrogen-bond donors (Lipinski definition) is 0. The molecule has 0 radical (unpaired) electrons. The van der Waals surface area contributed by atoms with Crippen molar-refractivity contribution >= 4 is 0 Å². The Labute approximate surface area is 103 Å². The molecule has 0 atom stereocenters. The minimum atomic E-state index is -0.265. The van der Waals surface area contributed by atoms with Crippen LogP contribution in [0, 0.1) is 5.21 Å². The van der Waals surface area contributed by atoms with Crippen LogP contribution < -0.4 is 0 Å². The molecule has 0 aliphatic carbocycles. The molecule has 1 heterocycles. The van der Waals surface area contributed by atoms with Gasteiger partial charge in [0, 0.05) is 12.8 Å². The highest BCUT2D eigenvalue weighted by Gasteiger charge is 2.27. The first-order chi connectivity index (χ1) is 7.95. The van der Waals surface area contributed by atoms with Gasteiger partial charge in [0.25, 0.3) is 0 Å². The molecule has 100 valence electrons. The van der Waals surface area contributed by atoms with Gasteiger partial charge >= 0.3 is 0 Å². The number of nitrogens with zero attached hydrogens (tertiary/aromatic N) is 3. The Morgan fingerprint density at radius 3 is 2.47 bits per heavy atom. The molecule has 0 aromatic heterocycles. The Hall–Kier alpha value is -1.04. The molecule has 0 N–H and O–H groups in total. The van der Waals surface area contributed by atoms with Crippen molar-refractivity contribution in [2.45, 2.75) is 52.2 Å². The van der Waals surface area contributed by atoms with Crippen LogP contribution >= 0.6 is 0 Å². The Bertz CT molecular complexity index is 257. The lowest BCUT2D eigenvalue weighted by Crippen LogP contribution is -2.45. The first-order valence-electron chi connectivity index (χ1n) is 6.14. The summed E-state index contributed by atoms with van der Waals surface area (Å²) < 4.78 is 5.21. The maximum atomic E-state index is 11.8. The standard InChI is InChI=1S/C11H23N3O3/c1-5-13(11(2,3)4)14(15)12-17-10-6-8-16-9-7-10/h10H,5-9H2,1-4H3/b14-12+. The Balaban J connectivity index is 2.51. The summed E-state index contributed by atoms with van der Waals surface area (Å²) in [5.74, 6) is 0. The van der Waals surface area contributed by atoms with Gasteiger partial charge in [-0.15, -0.1) is 5.01 Å². The van der Waals surface area contributed by atoms with Crippen molar-refractivity contribution in [3.63, 3.8) is 0 Å². The highest BCUT2D eigenvalue weighted by Crippen LogP contribution is 2.14. The predicted molar refractivity (Wildman–Crippen MR) is 63.1 cm³/mol. The van der Waals surface area contributed by atoms with Gasteiger partial charge in [-0.1, -0.05) is 0 Å². The number of hydrogen-bond acceptors (Lipinski definition) is 4. The third-order valence-electron chi connectivity index (χ3n) is 2.71. The third kappa shape index (κ3) is 4.38. The predicted octanol–water partition coefficient (Wildman–Crippen LogP) is 2.09. The lowest BCUT2D eigenvalue weighted by atomic mass is 10.1. The summed E-state index contributed by atoms with van der Waals surface area (Å²) in [6, 6.07) is 0. The normalized spacial score (nSPS) is 19.2. The van der Waals surface area contributed by atoms with Crippen LogP contribution in [0.1, 0.15) is 40.5 Å². The molecule has 0 aromatic carbocycles. The van der Waals surface area contributed by atoms with E-state index in [1.54, 1.807) is 5.01 Å². The minimum Gasteiger partial charge on any atom is -0.569 e. The highest BCUT2D eigenvalue weighted by atomic mass is 16.7. The summed E-state index contributed by atoms with van der Waals surface area (Å²) in [6.45, 7) is 9.75. The largest absolute Gasteiger partial charge is 0.569 e. The maximum absolute atomic E-state index is 11.8. The van der Waals surface area contributed by atoms with Crippen molar-refractivity contribution in [1.82, 2.24) is 5.01 Å². The molecular formula is C11H23N3O3. The van der Waals surface area contributed by atoms with Crippen LogP contribution in [0.4, 0.5) is 0 Å². The van der Waals surface area contributed by atoms with Crippen molar-refractivity contribution < 1.29 is 14.5 Å². The SMILES string of the molecule is CCN(/[N+]([O-])=N\OC1CCOCC1)C(C)(C)C. The molecule has 6 nitrogen and oxygen atoms in total. The van der Waals surface area contributed by atoms with Gasteiger partial charge in [-0.25, -0.2) is 0 Å². The molecule has 17 heavy (non-hydrogen) atoms. The van der Waals surface area contributed by atoms with Crippen molar-refractivity contribution in [2.75, 3.05) is 19.8 Å². The fourth-order valence-electron chi connectivity index (χ4n) is 1.78. The van der Waals surface area contributed by atoms with Crippen LogP contribution in [0.5, 0.6) is 0 Å². The van der Waals surface area contributed by atoms with E-state index in [1.807, 2.05) is 27.7 Å². The summed E-state index contributed by atoms with van der Waals surface area (Å²) in [5, 5.41) is 17.0. The average Bonchev–Trinajstić information content (AvgIpc) is 2.27. The Kier molecular flexibility index (Phi) is 4.99. The van der Waals surface area contributed by atoms with E-state index in [2.05, 4.69) is 5.28 Å². The fourth-order valence-corrected chi connectivity index (χ4v) is 1.78. The summed E-state index contributed by atoms with van der Waals surface area (Å²) in [6.07, 6.45) is 1.58. The second kappa shape index (κ2) is 6.05. The van der Waals surface area contributed by atoms with Crippen LogP contribution in [-0.2, 0) is 9.57 Å². The lowest BCUT2D eigenvalue weighted by molar-refractivity contribution is -0.725. The molecule has 0 unspecified atom stereocenters. The molecule has 0 saturated carbocycles. The molecule has 0 amide bonds. The van der Waals surface area contributed by atoms with Crippen LogP contribution in [0.2, 0.25) is 0 Å². The smallest absolute Gasteiger partial charge is 0.233 e. The summed E-state index contributed by atoms with van der Waals surface area (Å²) in [4.78, 5) is 5.79. The quantitative estimate of drug-likeness (QED) is 0.432. The summed E-state index contributed by atoms with van der Waals surface area (Å²) in [5.41, 5.74) is -0.265. The van der Waals surface area contributed by atoms with Crippen molar-refractivity contribution in [3.05, 3.63) is 5.21 Å². The summed E-state index contributed by atoms with van der Waals surface area (Å²) in [7, 11) is 0. The first kappa shape index (κ1) is 14.0. The van der Waals surface area contributed by atoms with Gasteiger partial charge in [-0.2, -0.15) is 0 Å². The topological polar surface area (TPSA) is 60.1 Å². The van der Waals surface area contributed by atoms with Gasteiger partial charge in [0.05, 0.1) is 30.3 Å². The molecule has 1 aliphatic rings. The van der Waals surface area contributed by atoms with Gasteiger partial charge in [0.2, 0.25) is 5.28 Å². The molecule has 1 rings (SSSR count). The second-order valence-electron chi connectivity index (χ2n) is 5.14. The van der Waals surface area contributed by atoms with E-state index < -0.39 is 0 Å². The average molecular weight is 245 g/mol. The monoisotopic (exact) mass is 245 g/mol. The van der Waals surface area contributed by atoms with Crippen LogP contribution in [0.25, 0.3) is 0 Å². The van der Waals surface area contributed by atoms with E-state index in [9.17, 15) is 5.21 Å². The van der Waals surface area contributed by atoms with Crippen molar-refractivity contribution in [3.8, 4) is 0 Å². The minimum absolute atomic E-state index is 0.00104. The highest BCUT2D eigenvalue weighted by molar-refractivity contribution is 4.67. The summed E-state index contributed by atoms with van der Waals surface area (Å²) >= 11 is 0. The van der Waals surface area contributed by atoms with Crippen molar-refractivity contribution in [1.29, 1.82) is 0 Å². The van der Waals surface area contributed by atoms with E-state index in [0.717, 1.165) is 12.8 Å². The number of rotatable bonds is 4. The zero-order valence-electron chi connectivity index (χ0n) is 11.2. The van der Waals surface area contributed by atoms with E-state index in [1.165, 1.54) is 0 Å². The van der Waals surface area contributed by atoms with Gasteiger partial charge in [-0.05, 0) is 27.7 Å². The van der Waals surface area contributed by atoms with Gasteiger partial charge in [0.1, 0.15) is 6.10 Å². The molecule has 1 aliphatic heterocycles. The molecule has 0 bridgehead atoms. The Morgan fingerprint density at radius 2 is 2.00 bits per heavy atom. The zero-order valence-corrected chi connectivity index (χ0v) is 11.2. The van der Waals surface area contributed by atoms with Crippen LogP contribution in [-0.4, -0.2) is 41.4 Å². The van der Waals surface area contributed by atoms with Gasteiger partial charge in [0.15, 0.2) is 0 Å². The molecule has 1 fully saturated rings. The van der Waals surface area contributed by atoms with E-state index >= 15 is 0 Å². The second-order valence-corrected chi connectivity index (χ2v) is 5.14. The van der Waals surface area contributed by atoms with Crippen LogP contribution in [0.15, 0.2) is 5.28 Å². The molecular weight excluding hydrogens is 222 g/mol. The van der Waals surface area contributed by atoms with E-state index in [4.69, 9.17) is 9.57 Å². The fraction of sp³-hybridized carbons (Fsp3) is 1.00. The van der Waals surface area contributed by atoms with E-state index in [0.29, 0.717) is 24.7 Å². The number of ether oxygens (including phenoxy) is 1. The van der Waals surface area contributed by atoms with Gasteiger partial charge in [-0.3, -0.25) is 0 Å². The molecule has 1 saturated heterocycles. The Morgan fingerprint density at radius 1 is 1.41 bits per heavy atom. The molecule has 6 heteroatoms.